The van der Waals surface area contributed by atoms with E-state index in [0.717, 1.165) is 32.8 Å². The first-order valence-corrected chi connectivity index (χ1v) is 5.32. The number of hydrogen-bond acceptors (Lipinski definition) is 3. The van der Waals surface area contributed by atoms with Crippen LogP contribution in [0.15, 0.2) is 0 Å². The minimum atomic E-state index is 0.694. The summed E-state index contributed by atoms with van der Waals surface area (Å²) in [6, 6.07) is 0.694. The van der Waals surface area contributed by atoms with E-state index < -0.39 is 0 Å². The van der Waals surface area contributed by atoms with Crippen molar-refractivity contribution in [3.8, 4) is 0 Å². The molecule has 78 valence electrons. The van der Waals surface area contributed by atoms with Gasteiger partial charge in [-0.2, -0.15) is 0 Å². The second-order valence-electron chi connectivity index (χ2n) is 3.74. The molecule has 1 saturated heterocycles. The highest BCUT2D eigenvalue weighted by molar-refractivity contribution is 4.70. The molecule has 0 atom stereocenters. The summed E-state index contributed by atoms with van der Waals surface area (Å²) in [5.41, 5.74) is 0. The molecular weight excluding hydrogens is 164 g/mol. The molecule has 0 saturated carbocycles. The second kappa shape index (κ2) is 6.35. The molecule has 0 amide bonds. The molecule has 0 radical (unpaired) electrons. The molecule has 3 heteroatoms. The van der Waals surface area contributed by atoms with Gasteiger partial charge >= 0.3 is 0 Å². The molecule has 0 spiro atoms. The molecule has 0 aromatic rings. The Morgan fingerprint density at radius 3 is 2.69 bits per heavy atom. The van der Waals surface area contributed by atoms with Gasteiger partial charge in [0.2, 0.25) is 0 Å². The van der Waals surface area contributed by atoms with Gasteiger partial charge in [0.25, 0.3) is 0 Å². The Bertz CT molecular complexity index is 124. The van der Waals surface area contributed by atoms with Crippen LogP contribution >= 0.6 is 0 Å². The summed E-state index contributed by atoms with van der Waals surface area (Å²) in [6.45, 7) is 7.44. The van der Waals surface area contributed by atoms with E-state index in [-0.39, 0.29) is 0 Å². The molecule has 0 aliphatic carbocycles. The number of nitrogens with zero attached hydrogens (tertiary/aromatic N) is 1. The fraction of sp³-hybridized carbons (Fsp3) is 1.00. The van der Waals surface area contributed by atoms with E-state index >= 15 is 0 Å². The van der Waals surface area contributed by atoms with Crippen molar-refractivity contribution in [2.45, 2.75) is 25.8 Å². The molecule has 1 aliphatic heterocycles. The van der Waals surface area contributed by atoms with Crippen LogP contribution < -0.4 is 5.32 Å². The number of nitrogens with one attached hydrogen (secondary N) is 1. The highest BCUT2D eigenvalue weighted by Crippen LogP contribution is 2.05. The van der Waals surface area contributed by atoms with Crippen molar-refractivity contribution in [3.63, 3.8) is 0 Å². The van der Waals surface area contributed by atoms with Crippen molar-refractivity contribution < 1.29 is 4.74 Å². The Hall–Kier alpha value is -0.120. The van der Waals surface area contributed by atoms with Crippen LogP contribution in [0.25, 0.3) is 0 Å². The SMILES string of the molecule is CCN(C)CCNC1CCOCC1. The highest BCUT2D eigenvalue weighted by atomic mass is 16.5. The third-order valence-corrected chi connectivity index (χ3v) is 2.69. The molecule has 13 heavy (non-hydrogen) atoms. The number of ether oxygens (including phenoxy) is 1. The van der Waals surface area contributed by atoms with Gasteiger partial charge in [-0.1, -0.05) is 6.92 Å². The van der Waals surface area contributed by atoms with Gasteiger partial charge in [-0.25, -0.2) is 0 Å². The van der Waals surface area contributed by atoms with E-state index in [0.29, 0.717) is 6.04 Å². The van der Waals surface area contributed by atoms with Crippen molar-refractivity contribution in [3.05, 3.63) is 0 Å². The van der Waals surface area contributed by atoms with Gasteiger partial charge in [0.05, 0.1) is 0 Å². The van der Waals surface area contributed by atoms with E-state index in [1.54, 1.807) is 0 Å². The summed E-state index contributed by atoms with van der Waals surface area (Å²) in [6.07, 6.45) is 2.35. The first-order chi connectivity index (χ1) is 6.33. The van der Waals surface area contributed by atoms with Gasteiger partial charge in [0, 0.05) is 32.3 Å². The van der Waals surface area contributed by atoms with E-state index in [1.165, 1.54) is 12.8 Å². The molecular formula is C10H22N2O. The van der Waals surface area contributed by atoms with Gasteiger partial charge in [0.15, 0.2) is 0 Å². The quantitative estimate of drug-likeness (QED) is 0.684. The summed E-state index contributed by atoms with van der Waals surface area (Å²) in [5, 5.41) is 3.57. The zero-order valence-corrected chi connectivity index (χ0v) is 8.88. The molecule has 1 rings (SSSR count). The van der Waals surface area contributed by atoms with Gasteiger partial charge in [-0.3, -0.25) is 0 Å². The van der Waals surface area contributed by atoms with Crippen LogP contribution in [-0.4, -0.2) is 50.8 Å². The predicted octanol–water partition coefficient (Wildman–Crippen LogP) is 0.707. The Kier molecular flexibility index (Phi) is 5.35. The smallest absolute Gasteiger partial charge is 0.0480 e. The highest BCUT2D eigenvalue weighted by Gasteiger charge is 2.12. The minimum absolute atomic E-state index is 0.694. The zero-order valence-electron chi connectivity index (χ0n) is 8.88. The first kappa shape index (κ1) is 11.0. The summed E-state index contributed by atoms with van der Waals surface area (Å²) in [7, 11) is 2.16. The van der Waals surface area contributed by atoms with E-state index in [9.17, 15) is 0 Å². The van der Waals surface area contributed by atoms with Gasteiger partial charge in [-0.05, 0) is 26.4 Å². The molecule has 0 aromatic carbocycles. The Labute approximate surface area is 81.4 Å². The number of likely N-dealkylation sites (N-methyl/N-ethyl adjacent to an activating group) is 1. The lowest BCUT2D eigenvalue weighted by Crippen LogP contribution is -2.39. The van der Waals surface area contributed by atoms with Crippen LogP contribution in [0.1, 0.15) is 19.8 Å². The lowest BCUT2D eigenvalue weighted by atomic mass is 10.1. The third-order valence-electron chi connectivity index (χ3n) is 2.69. The van der Waals surface area contributed by atoms with Crippen molar-refractivity contribution in [2.75, 3.05) is 39.9 Å². The molecule has 0 unspecified atom stereocenters. The molecule has 1 fully saturated rings. The zero-order chi connectivity index (χ0) is 9.52. The molecule has 1 N–H and O–H groups in total. The van der Waals surface area contributed by atoms with Crippen LogP contribution in [0.2, 0.25) is 0 Å². The summed E-state index contributed by atoms with van der Waals surface area (Å²) >= 11 is 0. The molecule has 0 aromatic heterocycles. The predicted molar refractivity (Wildman–Crippen MR) is 55.0 cm³/mol. The van der Waals surface area contributed by atoms with Crippen molar-refractivity contribution in [1.29, 1.82) is 0 Å². The summed E-state index contributed by atoms with van der Waals surface area (Å²) in [4.78, 5) is 2.33. The van der Waals surface area contributed by atoms with Crippen molar-refractivity contribution in [2.24, 2.45) is 0 Å². The number of hydrogen-bond donors (Lipinski definition) is 1. The maximum absolute atomic E-state index is 5.30. The first-order valence-electron chi connectivity index (χ1n) is 5.32. The standard InChI is InChI=1S/C10H22N2O/c1-3-12(2)7-6-11-10-4-8-13-9-5-10/h10-11H,3-9H2,1-2H3. The van der Waals surface area contributed by atoms with Crippen LogP contribution in [0, 0.1) is 0 Å². The minimum Gasteiger partial charge on any atom is -0.381 e. The normalized spacial score (nSPS) is 19.6. The average molecular weight is 186 g/mol. The monoisotopic (exact) mass is 186 g/mol. The topological polar surface area (TPSA) is 24.5 Å². The average Bonchev–Trinajstić information content (AvgIpc) is 2.19. The van der Waals surface area contributed by atoms with Crippen LogP contribution in [-0.2, 0) is 4.74 Å². The molecule has 0 bridgehead atoms. The van der Waals surface area contributed by atoms with Crippen molar-refractivity contribution in [1.82, 2.24) is 10.2 Å². The fourth-order valence-electron chi connectivity index (χ4n) is 1.52. The van der Waals surface area contributed by atoms with Gasteiger partial charge < -0.3 is 15.0 Å². The maximum Gasteiger partial charge on any atom is 0.0480 e. The summed E-state index contributed by atoms with van der Waals surface area (Å²) in [5.74, 6) is 0. The lowest BCUT2D eigenvalue weighted by molar-refractivity contribution is 0.0775. The Morgan fingerprint density at radius 1 is 1.38 bits per heavy atom. The van der Waals surface area contributed by atoms with Crippen LogP contribution in [0.4, 0.5) is 0 Å². The summed E-state index contributed by atoms with van der Waals surface area (Å²) < 4.78 is 5.30. The van der Waals surface area contributed by atoms with Crippen LogP contribution in [0.3, 0.4) is 0 Å². The molecule has 1 heterocycles. The Balaban J connectivity index is 1.98. The van der Waals surface area contributed by atoms with E-state index in [2.05, 4.69) is 24.2 Å². The lowest BCUT2D eigenvalue weighted by Gasteiger charge is -2.24. The number of rotatable bonds is 5. The second-order valence-corrected chi connectivity index (χ2v) is 3.74. The van der Waals surface area contributed by atoms with Crippen LogP contribution in [0.5, 0.6) is 0 Å². The maximum atomic E-state index is 5.30. The van der Waals surface area contributed by atoms with Gasteiger partial charge in [-0.15, -0.1) is 0 Å². The van der Waals surface area contributed by atoms with Gasteiger partial charge in [0.1, 0.15) is 0 Å². The largest absolute Gasteiger partial charge is 0.381 e. The fourth-order valence-corrected chi connectivity index (χ4v) is 1.52. The van der Waals surface area contributed by atoms with E-state index in [1.807, 2.05) is 0 Å². The molecule has 3 nitrogen and oxygen atoms in total. The third kappa shape index (κ3) is 4.60. The van der Waals surface area contributed by atoms with Crippen molar-refractivity contribution >= 4 is 0 Å². The molecule has 1 aliphatic rings. The van der Waals surface area contributed by atoms with E-state index in [4.69, 9.17) is 4.74 Å². The Morgan fingerprint density at radius 2 is 2.08 bits per heavy atom.